The number of rotatable bonds is 4. The first-order chi connectivity index (χ1) is 11.6. The number of nitrogens with zero attached hydrogens (tertiary/aromatic N) is 2. The fourth-order valence-corrected chi connectivity index (χ4v) is 3.45. The number of carbonyl (C=O) groups excluding carboxylic acids is 2. The first-order valence-electron chi connectivity index (χ1n) is 8.02. The Bertz CT molecular complexity index is 783. The highest BCUT2D eigenvalue weighted by Crippen LogP contribution is 2.39. The number of fused-ring (bicyclic) bond motifs is 2. The number of primary amides is 1. The zero-order valence-electron chi connectivity index (χ0n) is 13.0. The van der Waals surface area contributed by atoms with Crippen LogP contribution in [0.5, 0.6) is 0 Å². The Kier molecular flexibility index (Phi) is 3.57. The molecule has 1 aromatic carbocycles. The molecule has 2 fully saturated rings. The van der Waals surface area contributed by atoms with Gasteiger partial charge >= 0.3 is 0 Å². The molecule has 2 aliphatic rings. The van der Waals surface area contributed by atoms with Gasteiger partial charge in [0.15, 0.2) is 0 Å². The average Bonchev–Trinajstić information content (AvgIpc) is 3.31. The lowest BCUT2D eigenvalue weighted by atomic mass is 9.88. The number of nitrogens with one attached hydrogen (secondary N) is 1. The smallest absolute Gasteiger partial charge is 0.269 e. The van der Waals surface area contributed by atoms with Crippen molar-refractivity contribution in [2.75, 3.05) is 5.32 Å². The van der Waals surface area contributed by atoms with Crippen molar-refractivity contribution in [1.82, 2.24) is 9.78 Å². The summed E-state index contributed by atoms with van der Waals surface area (Å²) in [7, 11) is 0. The monoisotopic (exact) mass is 326 g/mol. The molecular weight excluding hydrogens is 308 g/mol. The summed E-state index contributed by atoms with van der Waals surface area (Å²) in [5.41, 5.74) is 6.92. The molecule has 3 unspecified atom stereocenters. The molecule has 2 amide bonds. The molecule has 1 aromatic heterocycles. The summed E-state index contributed by atoms with van der Waals surface area (Å²) in [6, 6.07) is 8.84. The van der Waals surface area contributed by atoms with Crippen LogP contribution in [0.1, 0.15) is 29.8 Å². The van der Waals surface area contributed by atoms with Crippen LogP contribution in [0.2, 0.25) is 0 Å². The van der Waals surface area contributed by atoms with E-state index in [1.165, 1.54) is 0 Å². The van der Waals surface area contributed by atoms with Crippen molar-refractivity contribution in [2.45, 2.75) is 31.5 Å². The number of anilines is 1. The van der Waals surface area contributed by atoms with E-state index in [1.54, 1.807) is 16.9 Å². The van der Waals surface area contributed by atoms with Crippen molar-refractivity contribution in [3.05, 3.63) is 42.2 Å². The molecule has 2 aliphatic heterocycles. The predicted molar refractivity (Wildman–Crippen MR) is 86.7 cm³/mol. The fourth-order valence-electron chi connectivity index (χ4n) is 3.45. The number of aromatic nitrogens is 2. The topological polar surface area (TPSA) is 99.2 Å². The number of ether oxygens (including phenoxy) is 1. The highest BCUT2D eigenvalue weighted by Gasteiger charge is 2.44. The number of carbonyl (C=O) groups is 2. The van der Waals surface area contributed by atoms with Gasteiger partial charge in [-0.2, -0.15) is 5.10 Å². The summed E-state index contributed by atoms with van der Waals surface area (Å²) < 4.78 is 7.30. The summed E-state index contributed by atoms with van der Waals surface area (Å²) >= 11 is 0. The number of hydrogen-bond donors (Lipinski definition) is 2. The summed E-state index contributed by atoms with van der Waals surface area (Å²) in [4.78, 5) is 23.5. The highest BCUT2D eigenvalue weighted by atomic mass is 16.5. The molecule has 2 saturated heterocycles. The Morgan fingerprint density at radius 3 is 2.58 bits per heavy atom. The third-order valence-corrected chi connectivity index (χ3v) is 4.68. The van der Waals surface area contributed by atoms with Crippen LogP contribution >= 0.6 is 0 Å². The van der Waals surface area contributed by atoms with Gasteiger partial charge in [0, 0.05) is 11.9 Å². The maximum absolute atomic E-state index is 12.4. The van der Waals surface area contributed by atoms with E-state index in [9.17, 15) is 9.59 Å². The summed E-state index contributed by atoms with van der Waals surface area (Å²) in [6.07, 6.45) is 4.86. The second kappa shape index (κ2) is 5.76. The highest BCUT2D eigenvalue weighted by molar-refractivity contribution is 5.93. The van der Waals surface area contributed by atoms with Crippen molar-refractivity contribution in [3.63, 3.8) is 0 Å². The molecule has 124 valence electrons. The number of amides is 2. The Balaban J connectivity index is 1.43. The molecule has 3 heterocycles. The molecule has 0 spiro atoms. The van der Waals surface area contributed by atoms with Crippen LogP contribution in [0.25, 0.3) is 5.69 Å². The van der Waals surface area contributed by atoms with Crippen molar-refractivity contribution in [3.8, 4) is 5.69 Å². The molecule has 7 heteroatoms. The lowest BCUT2D eigenvalue weighted by Gasteiger charge is -2.18. The minimum absolute atomic E-state index is 0.0186. The summed E-state index contributed by atoms with van der Waals surface area (Å²) in [5.74, 6) is -0.594. The van der Waals surface area contributed by atoms with E-state index < -0.39 is 5.91 Å². The van der Waals surface area contributed by atoms with Crippen molar-refractivity contribution in [2.24, 2.45) is 11.7 Å². The van der Waals surface area contributed by atoms with E-state index in [0.717, 1.165) is 30.6 Å². The first kappa shape index (κ1) is 14.9. The molecule has 0 radical (unpaired) electrons. The van der Waals surface area contributed by atoms with Gasteiger partial charge in [0.1, 0.15) is 5.69 Å². The van der Waals surface area contributed by atoms with Crippen LogP contribution in [0.15, 0.2) is 36.5 Å². The van der Waals surface area contributed by atoms with Gasteiger partial charge in [-0.25, -0.2) is 4.68 Å². The van der Waals surface area contributed by atoms with Crippen LogP contribution in [0.4, 0.5) is 5.69 Å². The Labute approximate surface area is 138 Å². The van der Waals surface area contributed by atoms with E-state index in [-0.39, 0.29) is 29.7 Å². The molecule has 24 heavy (non-hydrogen) atoms. The third-order valence-electron chi connectivity index (χ3n) is 4.68. The molecule has 4 rings (SSSR count). The zero-order chi connectivity index (χ0) is 16.7. The predicted octanol–water partition coefficient (Wildman–Crippen LogP) is 1.48. The summed E-state index contributed by atoms with van der Waals surface area (Å²) in [6.45, 7) is 0. The average molecular weight is 326 g/mol. The van der Waals surface area contributed by atoms with Gasteiger partial charge in [-0.05, 0) is 49.6 Å². The van der Waals surface area contributed by atoms with Crippen LogP contribution < -0.4 is 11.1 Å². The van der Waals surface area contributed by atoms with E-state index in [0.29, 0.717) is 0 Å². The van der Waals surface area contributed by atoms with Gasteiger partial charge in [-0.15, -0.1) is 0 Å². The molecular formula is C17H18N4O3. The molecule has 2 aromatic rings. The maximum atomic E-state index is 12.4. The minimum atomic E-state index is -0.564. The van der Waals surface area contributed by atoms with Crippen LogP contribution in [0.3, 0.4) is 0 Å². The molecule has 0 aliphatic carbocycles. The molecule has 2 bridgehead atoms. The van der Waals surface area contributed by atoms with Gasteiger partial charge in [0.05, 0.1) is 23.8 Å². The Morgan fingerprint density at radius 2 is 2.00 bits per heavy atom. The van der Waals surface area contributed by atoms with Crippen molar-refractivity contribution >= 4 is 17.5 Å². The number of nitrogens with two attached hydrogens (primary N) is 1. The van der Waals surface area contributed by atoms with Gasteiger partial charge in [-0.3, -0.25) is 9.59 Å². The van der Waals surface area contributed by atoms with Gasteiger partial charge in [-0.1, -0.05) is 0 Å². The third kappa shape index (κ3) is 2.67. The second-order valence-electron chi connectivity index (χ2n) is 6.26. The summed E-state index contributed by atoms with van der Waals surface area (Å²) in [5, 5.41) is 7.05. The quantitative estimate of drug-likeness (QED) is 0.889. The standard InChI is InChI=1S/C17H18N4O3/c18-16(22)14-7-8-21(20-14)11-3-1-10(2-4-11)19-17(23)13-9-12-5-6-15(13)24-12/h1-4,7-8,12-13,15H,5-6,9H2,(H2,18,22)(H,19,23). The largest absolute Gasteiger partial charge is 0.374 e. The molecule has 3 atom stereocenters. The van der Waals surface area contributed by atoms with Crippen molar-refractivity contribution < 1.29 is 14.3 Å². The van der Waals surface area contributed by atoms with Crippen LogP contribution in [0, 0.1) is 5.92 Å². The maximum Gasteiger partial charge on any atom is 0.269 e. The lowest BCUT2D eigenvalue weighted by molar-refractivity contribution is -0.121. The Hall–Kier alpha value is -2.67. The second-order valence-corrected chi connectivity index (χ2v) is 6.26. The van der Waals surface area contributed by atoms with Gasteiger partial charge < -0.3 is 15.8 Å². The number of hydrogen-bond acceptors (Lipinski definition) is 4. The number of benzene rings is 1. The van der Waals surface area contributed by atoms with Crippen LogP contribution in [-0.4, -0.2) is 33.8 Å². The van der Waals surface area contributed by atoms with E-state index in [4.69, 9.17) is 10.5 Å². The zero-order valence-corrected chi connectivity index (χ0v) is 13.0. The fraction of sp³-hybridized carbons (Fsp3) is 0.353. The SMILES string of the molecule is NC(=O)c1ccn(-c2ccc(NC(=O)C3CC4CCC3O4)cc2)n1. The van der Waals surface area contributed by atoms with E-state index in [2.05, 4.69) is 10.4 Å². The van der Waals surface area contributed by atoms with Crippen LogP contribution in [-0.2, 0) is 9.53 Å². The molecule has 0 saturated carbocycles. The molecule has 7 nitrogen and oxygen atoms in total. The minimum Gasteiger partial charge on any atom is -0.374 e. The Morgan fingerprint density at radius 1 is 1.21 bits per heavy atom. The van der Waals surface area contributed by atoms with E-state index in [1.807, 2.05) is 24.3 Å². The van der Waals surface area contributed by atoms with Gasteiger partial charge in [0.25, 0.3) is 5.91 Å². The normalized spacial score (nSPS) is 24.9. The van der Waals surface area contributed by atoms with Crippen molar-refractivity contribution in [1.29, 1.82) is 0 Å². The van der Waals surface area contributed by atoms with Gasteiger partial charge in [0.2, 0.25) is 5.91 Å². The molecule has 3 N–H and O–H groups in total. The van der Waals surface area contributed by atoms with E-state index >= 15 is 0 Å². The first-order valence-corrected chi connectivity index (χ1v) is 8.02. The lowest BCUT2D eigenvalue weighted by Crippen LogP contribution is -2.30.